The summed E-state index contributed by atoms with van der Waals surface area (Å²) in [4.78, 5) is 16.3. The molecule has 30 heavy (non-hydrogen) atoms. The highest BCUT2D eigenvalue weighted by Crippen LogP contribution is 2.22. The Morgan fingerprint density at radius 1 is 1.27 bits per heavy atom. The predicted molar refractivity (Wildman–Crippen MR) is 109 cm³/mol. The zero-order valence-corrected chi connectivity index (χ0v) is 17.4. The fraction of sp³-hybridized carbons (Fsp3) is 0.200. The van der Waals surface area contributed by atoms with Crippen molar-refractivity contribution < 1.29 is 26.7 Å². The molecule has 0 saturated carbocycles. The molecule has 6 nitrogen and oxygen atoms in total. The number of carbonyl (C=O) groups excluding carboxylic acids is 1. The molecule has 0 N–H and O–H groups in total. The highest BCUT2D eigenvalue weighted by Gasteiger charge is 2.18. The van der Waals surface area contributed by atoms with Gasteiger partial charge in [0.2, 0.25) is 5.91 Å². The van der Waals surface area contributed by atoms with Crippen molar-refractivity contribution in [3.05, 3.63) is 52.8 Å². The molecule has 0 aliphatic carbocycles. The monoisotopic (exact) mass is 450 g/mol. The average Bonchev–Trinajstić information content (AvgIpc) is 3.04. The first-order valence-corrected chi connectivity index (χ1v) is 11.1. The summed E-state index contributed by atoms with van der Waals surface area (Å²) in [6, 6.07) is 7.63. The van der Waals surface area contributed by atoms with Crippen LogP contribution in [0.5, 0.6) is 5.75 Å². The Balaban J connectivity index is 1.87. The molecule has 156 valence electrons. The first-order chi connectivity index (χ1) is 14.2. The van der Waals surface area contributed by atoms with E-state index >= 15 is 0 Å². The summed E-state index contributed by atoms with van der Waals surface area (Å²) in [6.07, 6.45) is 4.93. The molecule has 3 aromatic rings. The van der Waals surface area contributed by atoms with E-state index in [-0.39, 0.29) is 32.9 Å². The fourth-order valence-electron chi connectivity index (χ4n) is 2.74. The van der Waals surface area contributed by atoms with E-state index in [0.717, 1.165) is 23.5 Å². The van der Waals surface area contributed by atoms with Crippen LogP contribution in [-0.4, -0.2) is 31.8 Å². The summed E-state index contributed by atoms with van der Waals surface area (Å²) >= 11 is 0.891. The molecule has 1 heterocycles. The van der Waals surface area contributed by atoms with Gasteiger partial charge < -0.3 is 9.30 Å². The second kappa shape index (κ2) is 8.77. The Hall–Kier alpha value is -3.03. The molecule has 0 bridgehead atoms. The van der Waals surface area contributed by atoms with Crippen LogP contribution in [0.2, 0.25) is 0 Å². The number of halogens is 2. The molecule has 0 aliphatic heterocycles. The summed E-state index contributed by atoms with van der Waals surface area (Å²) < 4.78 is 59.0. The minimum Gasteiger partial charge on any atom is -0.497 e. The molecule has 0 fully saturated rings. The van der Waals surface area contributed by atoms with Crippen molar-refractivity contribution in [1.29, 1.82) is 0 Å². The smallest absolute Gasteiger partial charge is 0.249 e. The molecule has 0 radical (unpaired) electrons. The number of ether oxygens (including phenoxy) is 1. The number of sulfone groups is 1. The van der Waals surface area contributed by atoms with Gasteiger partial charge in [0.25, 0.3) is 0 Å². The molecule has 0 aliphatic rings. The molecule has 2 aromatic carbocycles. The van der Waals surface area contributed by atoms with Crippen LogP contribution in [0, 0.1) is 24.0 Å². The van der Waals surface area contributed by atoms with E-state index < -0.39 is 33.1 Å². The van der Waals surface area contributed by atoms with Gasteiger partial charge in [0.15, 0.2) is 20.5 Å². The van der Waals surface area contributed by atoms with E-state index in [1.165, 1.54) is 35.9 Å². The van der Waals surface area contributed by atoms with Crippen LogP contribution in [0.3, 0.4) is 0 Å². The lowest BCUT2D eigenvalue weighted by atomic mass is 10.3. The molecule has 0 spiro atoms. The number of hydrogen-bond donors (Lipinski definition) is 0. The SMILES string of the molecule is C#CCn1c(=NC(=O)CCS(=O)(=O)c2ccc(OC)cc2)sc2cc(F)cc(F)c21. The Morgan fingerprint density at radius 2 is 1.97 bits per heavy atom. The quantitative estimate of drug-likeness (QED) is 0.541. The van der Waals surface area contributed by atoms with Crippen molar-refractivity contribution in [2.75, 3.05) is 12.9 Å². The third-order valence-corrected chi connectivity index (χ3v) is 6.93. The lowest BCUT2D eigenvalue weighted by molar-refractivity contribution is -0.117. The van der Waals surface area contributed by atoms with Gasteiger partial charge in [-0.25, -0.2) is 17.2 Å². The minimum absolute atomic E-state index is 0.0387. The fourth-order valence-corrected chi connectivity index (χ4v) is 5.05. The topological polar surface area (TPSA) is 77.7 Å². The van der Waals surface area contributed by atoms with Gasteiger partial charge in [-0.2, -0.15) is 4.99 Å². The summed E-state index contributed by atoms with van der Waals surface area (Å²) in [5, 5.41) is 0. The third kappa shape index (κ3) is 4.58. The van der Waals surface area contributed by atoms with Crippen molar-refractivity contribution in [1.82, 2.24) is 4.57 Å². The van der Waals surface area contributed by atoms with Gasteiger partial charge in [0.05, 0.1) is 34.5 Å². The number of aromatic nitrogens is 1. The Labute approximate surface area is 175 Å². The van der Waals surface area contributed by atoms with Crippen LogP contribution in [0.4, 0.5) is 8.78 Å². The molecule has 0 saturated heterocycles. The number of carbonyl (C=O) groups is 1. The summed E-state index contributed by atoms with van der Waals surface area (Å²) in [5.74, 6) is 0.0791. The third-order valence-electron chi connectivity index (χ3n) is 4.17. The molecular weight excluding hydrogens is 434 g/mol. The van der Waals surface area contributed by atoms with Crippen molar-refractivity contribution in [3.8, 4) is 18.1 Å². The molecule has 10 heteroatoms. The number of amides is 1. The number of rotatable bonds is 6. The van der Waals surface area contributed by atoms with Gasteiger partial charge >= 0.3 is 0 Å². The number of benzene rings is 2. The number of terminal acetylenes is 1. The summed E-state index contributed by atoms with van der Waals surface area (Å²) in [6.45, 7) is -0.0845. The van der Waals surface area contributed by atoms with Crippen LogP contribution in [0.25, 0.3) is 10.2 Å². The van der Waals surface area contributed by atoms with Gasteiger partial charge in [-0.3, -0.25) is 4.79 Å². The van der Waals surface area contributed by atoms with Crippen LogP contribution >= 0.6 is 11.3 Å². The molecule has 1 aromatic heterocycles. The number of thiazole rings is 1. The van der Waals surface area contributed by atoms with Gasteiger partial charge in [-0.15, -0.1) is 6.42 Å². The highest BCUT2D eigenvalue weighted by atomic mass is 32.2. The Kier molecular flexibility index (Phi) is 6.34. The van der Waals surface area contributed by atoms with E-state index in [9.17, 15) is 22.0 Å². The van der Waals surface area contributed by atoms with E-state index in [1.807, 2.05) is 0 Å². The maximum atomic E-state index is 14.2. The van der Waals surface area contributed by atoms with Crippen LogP contribution in [0.15, 0.2) is 46.3 Å². The first-order valence-electron chi connectivity index (χ1n) is 8.61. The Bertz CT molecular complexity index is 1320. The van der Waals surface area contributed by atoms with E-state index in [1.54, 1.807) is 0 Å². The zero-order valence-electron chi connectivity index (χ0n) is 15.8. The molecular formula is C20H16F2N2O4S2. The van der Waals surface area contributed by atoms with Gasteiger partial charge in [0, 0.05) is 12.5 Å². The number of hydrogen-bond acceptors (Lipinski definition) is 5. The lowest BCUT2D eigenvalue weighted by Crippen LogP contribution is -2.18. The van der Waals surface area contributed by atoms with Crippen LogP contribution in [0.1, 0.15) is 6.42 Å². The molecule has 0 atom stereocenters. The number of nitrogens with zero attached hydrogens (tertiary/aromatic N) is 2. The standard InChI is InChI=1S/C20H16F2N2O4S2/c1-3-9-24-19-16(22)11-13(21)12-17(19)29-20(24)23-18(25)8-10-30(26,27)15-6-4-14(28-2)5-7-15/h1,4-7,11-12H,8-10H2,2H3. The molecule has 1 amide bonds. The van der Waals surface area contributed by atoms with Gasteiger partial charge in [-0.05, 0) is 30.3 Å². The van der Waals surface area contributed by atoms with Crippen LogP contribution < -0.4 is 9.54 Å². The second-order valence-electron chi connectivity index (χ2n) is 6.16. The predicted octanol–water partition coefficient (Wildman–Crippen LogP) is 2.91. The Morgan fingerprint density at radius 3 is 2.60 bits per heavy atom. The summed E-state index contributed by atoms with van der Waals surface area (Å²) in [7, 11) is -2.25. The van der Waals surface area contributed by atoms with Crippen molar-refractivity contribution >= 4 is 37.3 Å². The lowest BCUT2D eigenvalue weighted by Gasteiger charge is -2.04. The zero-order chi connectivity index (χ0) is 21.9. The highest BCUT2D eigenvalue weighted by molar-refractivity contribution is 7.91. The van der Waals surface area contributed by atoms with Crippen molar-refractivity contribution in [2.24, 2.45) is 4.99 Å². The van der Waals surface area contributed by atoms with Gasteiger partial charge in [0.1, 0.15) is 11.6 Å². The number of fused-ring (bicyclic) bond motifs is 1. The second-order valence-corrected chi connectivity index (χ2v) is 9.28. The number of methoxy groups -OCH3 is 1. The van der Waals surface area contributed by atoms with E-state index in [0.29, 0.717) is 5.75 Å². The maximum absolute atomic E-state index is 14.2. The van der Waals surface area contributed by atoms with E-state index in [2.05, 4.69) is 10.9 Å². The van der Waals surface area contributed by atoms with Gasteiger partial charge in [-0.1, -0.05) is 17.3 Å². The summed E-state index contributed by atoms with van der Waals surface area (Å²) in [5.41, 5.74) is 0.0387. The molecule has 0 unspecified atom stereocenters. The maximum Gasteiger partial charge on any atom is 0.249 e. The van der Waals surface area contributed by atoms with Crippen molar-refractivity contribution in [2.45, 2.75) is 17.9 Å². The van der Waals surface area contributed by atoms with Crippen molar-refractivity contribution in [3.63, 3.8) is 0 Å². The van der Waals surface area contributed by atoms with E-state index in [4.69, 9.17) is 11.2 Å². The molecule has 3 rings (SSSR count). The first kappa shape index (κ1) is 21.7. The normalized spacial score (nSPS) is 12.1. The average molecular weight is 450 g/mol. The minimum atomic E-state index is -3.71. The largest absolute Gasteiger partial charge is 0.497 e. The van der Waals surface area contributed by atoms with Crippen LogP contribution in [-0.2, 0) is 21.2 Å².